The Kier molecular flexibility index (Phi) is 11.0. The number of aromatic hydroxyl groups is 3. The fourth-order valence-corrected chi connectivity index (χ4v) is 5.06. The first-order valence-electron chi connectivity index (χ1n) is 10.1. The summed E-state index contributed by atoms with van der Waals surface area (Å²) in [5.41, 5.74) is 0.425. The highest BCUT2D eigenvalue weighted by molar-refractivity contribution is 6.45. The van der Waals surface area contributed by atoms with Crippen LogP contribution in [0.25, 0.3) is 0 Å². The molecule has 4 nitrogen and oxygen atoms in total. The summed E-state index contributed by atoms with van der Waals surface area (Å²) in [6, 6.07) is 12.0. The maximum atomic E-state index is 10.0. The third-order valence-electron chi connectivity index (χ3n) is 4.87. The predicted octanol–water partition coefficient (Wildman–Crippen LogP) is 11.8. The van der Waals surface area contributed by atoms with Gasteiger partial charge in [0.25, 0.3) is 0 Å². The molecular formula is C25H13Cl9O4. The molecule has 0 aliphatic heterocycles. The lowest BCUT2D eigenvalue weighted by molar-refractivity contribution is 0.411. The van der Waals surface area contributed by atoms with E-state index in [4.69, 9.17) is 109 Å². The minimum atomic E-state index is -0.252. The Hall–Kier alpha value is -1.31. The number of benzene rings is 4. The minimum absolute atomic E-state index is 0.0307. The second-order valence-electron chi connectivity index (χ2n) is 7.43. The molecule has 0 fully saturated rings. The van der Waals surface area contributed by atoms with Crippen LogP contribution in [0.3, 0.4) is 0 Å². The third kappa shape index (κ3) is 7.45. The summed E-state index contributed by atoms with van der Waals surface area (Å²) in [6.07, 6.45) is -0.0457. The average Bonchev–Trinajstić information content (AvgIpc) is 2.85. The molecule has 0 heterocycles. The Labute approximate surface area is 262 Å². The molecule has 13 heteroatoms. The number of ether oxygens (including phenoxy) is 1. The Morgan fingerprint density at radius 3 is 1.39 bits per heavy atom. The molecule has 4 aromatic rings. The van der Waals surface area contributed by atoms with Crippen molar-refractivity contribution in [2.75, 3.05) is 0 Å². The highest BCUT2D eigenvalue weighted by atomic mass is 35.5. The Balaban J connectivity index is 0.000000215. The summed E-state index contributed by atoms with van der Waals surface area (Å²) >= 11 is 53.1. The van der Waals surface area contributed by atoms with Crippen molar-refractivity contribution in [1.29, 1.82) is 0 Å². The van der Waals surface area contributed by atoms with Crippen LogP contribution in [0.1, 0.15) is 11.1 Å². The van der Waals surface area contributed by atoms with Crippen molar-refractivity contribution in [2.45, 2.75) is 6.42 Å². The molecule has 0 radical (unpaired) electrons. The third-order valence-corrected chi connectivity index (χ3v) is 7.86. The lowest BCUT2D eigenvalue weighted by atomic mass is 10.0. The second-order valence-corrected chi connectivity index (χ2v) is 11.1. The van der Waals surface area contributed by atoms with Crippen molar-refractivity contribution >= 4 is 104 Å². The van der Waals surface area contributed by atoms with Gasteiger partial charge in [0.15, 0.2) is 11.5 Å². The van der Waals surface area contributed by atoms with Crippen molar-refractivity contribution in [1.82, 2.24) is 0 Å². The first kappa shape index (κ1) is 31.2. The summed E-state index contributed by atoms with van der Waals surface area (Å²) < 4.78 is 5.45. The molecule has 200 valence electrons. The van der Waals surface area contributed by atoms with Gasteiger partial charge in [0, 0.05) is 33.7 Å². The van der Waals surface area contributed by atoms with Gasteiger partial charge >= 0.3 is 0 Å². The van der Waals surface area contributed by atoms with Gasteiger partial charge in [0.1, 0.15) is 17.2 Å². The quantitative estimate of drug-likeness (QED) is 0.186. The normalized spacial score (nSPS) is 10.7. The largest absolute Gasteiger partial charge is 0.506 e. The molecule has 4 rings (SSSR count). The smallest absolute Gasteiger partial charge is 0.169 e. The van der Waals surface area contributed by atoms with Crippen LogP contribution in [-0.4, -0.2) is 15.3 Å². The number of hydrogen-bond acceptors (Lipinski definition) is 4. The second kappa shape index (κ2) is 13.4. The maximum Gasteiger partial charge on any atom is 0.169 e. The molecule has 0 aromatic heterocycles. The summed E-state index contributed by atoms with van der Waals surface area (Å²) in [7, 11) is 0. The molecule has 4 aromatic carbocycles. The molecule has 0 unspecified atom stereocenters. The SMILES string of the molecule is Oc1c(Cl)cc(Cl)c(Cl)c1Cc1c(O)c(Cl)cc(Cl)c1Cl.Oc1cc(Cl)ccc1Oc1ccc(Cl)cc1Cl. The maximum absolute atomic E-state index is 10.0. The molecule has 0 aliphatic carbocycles. The van der Waals surface area contributed by atoms with E-state index < -0.39 is 0 Å². The van der Waals surface area contributed by atoms with Crippen LogP contribution in [-0.2, 0) is 6.42 Å². The van der Waals surface area contributed by atoms with Crippen molar-refractivity contribution in [3.8, 4) is 28.7 Å². The fraction of sp³-hybridized carbons (Fsp3) is 0.0400. The highest BCUT2D eigenvalue weighted by Gasteiger charge is 2.21. The van der Waals surface area contributed by atoms with Crippen LogP contribution in [0.5, 0.6) is 28.7 Å². The molecular weight excluding hydrogens is 683 g/mol. The topological polar surface area (TPSA) is 69.9 Å². The Bertz CT molecular complexity index is 1350. The van der Waals surface area contributed by atoms with Gasteiger partial charge in [-0.2, -0.15) is 0 Å². The van der Waals surface area contributed by atoms with Crippen molar-refractivity contribution < 1.29 is 20.1 Å². The van der Waals surface area contributed by atoms with Crippen molar-refractivity contribution in [3.63, 3.8) is 0 Å². The molecule has 3 N–H and O–H groups in total. The zero-order valence-corrected chi connectivity index (χ0v) is 25.3. The van der Waals surface area contributed by atoms with Crippen LogP contribution in [0.4, 0.5) is 0 Å². The van der Waals surface area contributed by atoms with Gasteiger partial charge in [-0.1, -0.05) is 104 Å². The van der Waals surface area contributed by atoms with E-state index in [9.17, 15) is 15.3 Å². The average molecular weight is 696 g/mol. The van der Waals surface area contributed by atoms with Crippen LogP contribution in [0, 0.1) is 0 Å². The highest BCUT2D eigenvalue weighted by Crippen LogP contribution is 2.44. The van der Waals surface area contributed by atoms with Gasteiger partial charge in [-0.05, 0) is 42.5 Å². The van der Waals surface area contributed by atoms with Gasteiger partial charge in [-0.3, -0.25) is 0 Å². The standard InChI is InChI=1S/C13H6Cl6O2.C12H7Cl3O2/c14-6-2-8(16)12(20)4(10(6)18)1-5-11(19)7(15)3-9(17)13(5)21;13-7-1-3-11(9(15)5-7)17-12-4-2-8(14)6-10(12)16/h2-3,20-21H,1H2;1-6,16H. The Morgan fingerprint density at radius 1 is 0.500 bits per heavy atom. The lowest BCUT2D eigenvalue weighted by Gasteiger charge is -2.14. The van der Waals surface area contributed by atoms with Gasteiger partial charge in [0.2, 0.25) is 0 Å². The Morgan fingerprint density at radius 2 is 0.947 bits per heavy atom. The van der Waals surface area contributed by atoms with E-state index in [0.29, 0.717) is 20.8 Å². The molecule has 0 amide bonds. The van der Waals surface area contributed by atoms with E-state index >= 15 is 0 Å². The summed E-state index contributed by atoms with van der Waals surface area (Å²) in [4.78, 5) is 0. The molecule has 0 spiro atoms. The predicted molar refractivity (Wildman–Crippen MR) is 159 cm³/mol. The molecule has 0 bridgehead atoms. The summed E-state index contributed by atoms with van der Waals surface area (Å²) in [5.74, 6) is 0.131. The van der Waals surface area contributed by atoms with Crippen LogP contribution < -0.4 is 4.74 Å². The number of halogens is 9. The molecule has 0 atom stereocenters. The van der Waals surface area contributed by atoms with E-state index in [0.717, 1.165) is 0 Å². The first-order valence-corrected chi connectivity index (χ1v) is 13.5. The zero-order valence-electron chi connectivity index (χ0n) is 18.5. The monoisotopic (exact) mass is 692 g/mol. The van der Waals surface area contributed by atoms with Gasteiger partial charge in [-0.25, -0.2) is 0 Å². The zero-order chi connectivity index (χ0) is 28.3. The summed E-state index contributed by atoms with van der Waals surface area (Å²) in [6.45, 7) is 0. The van der Waals surface area contributed by atoms with E-state index in [1.54, 1.807) is 30.3 Å². The number of phenols is 3. The van der Waals surface area contributed by atoms with Gasteiger partial charge < -0.3 is 20.1 Å². The van der Waals surface area contributed by atoms with E-state index in [2.05, 4.69) is 0 Å². The minimum Gasteiger partial charge on any atom is -0.506 e. The number of phenolic OH excluding ortho intramolecular Hbond substituents is 3. The van der Waals surface area contributed by atoms with Gasteiger partial charge in [-0.15, -0.1) is 0 Å². The summed E-state index contributed by atoms with van der Waals surface area (Å²) in [5, 5.41) is 31.6. The molecule has 38 heavy (non-hydrogen) atoms. The van der Waals surface area contributed by atoms with E-state index in [-0.39, 0.29) is 70.7 Å². The van der Waals surface area contributed by atoms with E-state index in [1.165, 1.54) is 18.2 Å². The van der Waals surface area contributed by atoms with Crippen molar-refractivity contribution in [2.24, 2.45) is 0 Å². The fourth-order valence-electron chi connectivity index (χ4n) is 3.02. The van der Waals surface area contributed by atoms with Crippen molar-refractivity contribution in [3.05, 3.63) is 105 Å². The van der Waals surface area contributed by atoms with Crippen LogP contribution in [0.15, 0.2) is 48.5 Å². The number of hydrogen-bond donors (Lipinski definition) is 3. The van der Waals surface area contributed by atoms with E-state index in [1.807, 2.05) is 0 Å². The lowest BCUT2D eigenvalue weighted by Crippen LogP contribution is -1.95. The molecule has 0 saturated heterocycles. The van der Waals surface area contributed by atoms with Gasteiger partial charge in [0.05, 0.1) is 35.2 Å². The first-order chi connectivity index (χ1) is 17.8. The van der Waals surface area contributed by atoms with Crippen LogP contribution in [0.2, 0.25) is 45.2 Å². The van der Waals surface area contributed by atoms with Crippen LogP contribution >= 0.6 is 104 Å². The molecule has 0 aliphatic rings. The molecule has 0 saturated carbocycles. The number of rotatable bonds is 4.